The van der Waals surface area contributed by atoms with Crippen molar-refractivity contribution < 1.29 is 4.79 Å². The van der Waals surface area contributed by atoms with Gasteiger partial charge in [0.05, 0.1) is 16.4 Å². The van der Waals surface area contributed by atoms with Crippen LogP contribution in [0, 0.1) is 13.8 Å². The molecule has 1 atom stereocenters. The van der Waals surface area contributed by atoms with E-state index >= 15 is 0 Å². The molecule has 0 bridgehead atoms. The van der Waals surface area contributed by atoms with Crippen LogP contribution in [-0.2, 0) is 11.3 Å². The predicted octanol–water partition coefficient (Wildman–Crippen LogP) is 2.45. The molecule has 1 saturated heterocycles. The monoisotopic (exact) mass is 361 g/mol. The van der Waals surface area contributed by atoms with Crippen molar-refractivity contribution in [3.63, 3.8) is 0 Å². The zero-order valence-electron chi connectivity index (χ0n) is 14.9. The van der Waals surface area contributed by atoms with Gasteiger partial charge in [-0.3, -0.25) is 19.4 Å². The molecular formula is C18H24ClN5O. The summed E-state index contributed by atoms with van der Waals surface area (Å²) >= 11 is 6.21. The number of pyridine rings is 1. The third kappa shape index (κ3) is 3.85. The maximum absolute atomic E-state index is 12.8. The van der Waals surface area contributed by atoms with Crippen molar-refractivity contribution in [2.75, 3.05) is 26.2 Å². The van der Waals surface area contributed by atoms with E-state index in [0.717, 1.165) is 44.1 Å². The molecule has 6 nitrogen and oxygen atoms in total. The van der Waals surface area contributed by atoms with Gasteiger partial charge in [-0.05, 0) is 32.4 Å². The number of halogens is 1. The lowest BCUT2D eigenvalue weighted by Crippen LogP contribution is -2.50. The molecule has 0 radical (unpaired) electrons. The molecule has 3 rings (SSSR count). The van der Waals surface area contributed by atoms with Gasteiger partial charge in [0.15, 0.2) is 0 Å². The molecule has 0 aliphatic carbocycles. The second-order valence-corrected chi connectivity index (χ2v) is 6.95. The van der Waals surface area contributed by atoms with Crippen LogP contribution in [0.4, 0.5) is 0 Å². The highest BCUT2D eigenvalue weighted by atomic mass is 35.5. The number of rotatable bonds is 4. The van der Waals surface area contributed by atoms with Gasteiger partial charge < -0.3 is 4.90 Å². The number of carbonyl (C=O) groups excluding carboxylic acids is 1. The van der Waals surface area contributed by atoms with Gasteiger partial charge in [-0.25, -0.2) is 0 Å². The maximum Gasteiger partial charge on any atom is 0.247 e. The lowest BCUT2D eigenvalue weighted by molar-refractivity contribution is -0.136. The summed E-state index contributed by atoms with van der Waals surface area (Å²) in [5, 5.41) is 5.06. The molecule has 7 heteroatoms. The number of aryl methyl sites for hydroxylation is 1. The summed E-state index contributed by atoms with van der Waals surface area (Å²) in [7, 11) is 0. The van der Waals surface area contributed by atoms with Gasteiger partial charge in [0.1, 0.15) is 6.04 Å². The Balaban J connectivity index is 1.58. The van der Waals surface area contributed by atoms with Gasteiger partial charge >= 0.3 is 0 Å². The topological polar surface area (TPSA) is 54.3 Å². The first-order valence-electron chi connectivity index (χ1n) is 8.58. The number of hydrogen-bond acceptors (Lipinski definition) is 4. The Morgan fingerprint density at radius 1 is 1.28 bits per heavy atom. The van der Waals surface area contributed by atoms with Crippen molar-refractivity contribution in [1.29, 1.82) is 0 Å². The average molecular weight is 362 g/mol. The van der Waals surface area contributed by atoms with Crippen molar-refractivity contribution in [3.05, 3.63) is 46.5 Å². The van der Waals surface area contributed by atoms with E-state index in [0.29, 0.717) is 5.02 Å². The van der Waals surface area contributed by atoms with Crippen LogP contribution in [0.2, 0.25) is 5.02 Å². The second kappa shape index (κ2) is 7.54. The van der Waals surface area contributed by atoms with Gasteiger partial charge in [0.2, 0.25) is 5.91 Å². The standard InChI is InChI=1S/C18H24ClN5O/c1-13-17(19)14(2)24(21-13)15(3)18(25)23-9-7-22(8-10-23)12-16-5-4-6-20-11-16/h4-6,11,15H,7-10,12H2,1-3H3. The minimum atomic E-state index is -0.337. The molecule has 1 amide bonds. The molecule has 0 spiro atoms. The van der Waals surface area contributed by atoms with Crippen LogP contribution in [0.1, 0.15) is 29.9 Å². The van der Waals surface area contributed by atoms with Crippen LogP contribution in [0.3, 0.4) is 0 Å². The quantitative estimate of drug-likeness (QED) is 0.839. The summed E-state index contributed by atoms with van der Waals surface area (Å²) in [4.78, 5) is 21.3. The van der Waals surface area contributed by atoms with Crippen LogP contribution >= 0.6 is 11.6 Å². The zero-order valence-corrected chi connectivity index (χ0v) is 15.7. The maximum atomic E-state index is 12.8. The lowest BCUT2D eigenvalue weighted by atomic mass is 10.2. The molecule has 0 aromatic carbocycles. The normalized spacial score (nSPS) is 16.9. The van der Waals surface area contributed by atoms with Gasteiger partial charge in [0.25, 0.3) is 0 Å². The largest absolute Gasteiger partial charge is 0.338 e. The summed E-state index contributed by atoms with van der Waals surface area (Å²) in [5.74, 6) is 0.100. The van der Waals surface area contributed by atoms with E-state index in [-0.39, 0.29) is 11.9 Å². The Morgan fingerprint density at radius 2 is 2.00 bits per heavy atom. The summed E-state index contributed by atoms with van der Waals surface area (Å²) in [6.45, 7) is 9.72. The van der Waals surface area contributed by atoms with E-state index < -0.39 is 0 Å². The molecule has 1 unspecified atom stereocenters. The third-order valence-corrected chi connectivity index (χ3v) is 5.32. The fourth-order valence-electron chi connectivity index (χ4n) is 3.27. The van der Waals surface area contributed by atoms with Gasteiger partial charge in [-0.2, -0.15) is 5.10 Å². The van der Waals surface area contributed by atoms with Crippen molar-refractivity contribution in [2.45, 2.75) is 33.4 Å². The molecule has 1 aliphatic heterocycles. The van der Waals surface area contributed by atoms with Crippen molar-refractivity contribution in [2.24, 2.45) is 0 Å². The lowest BCUT2D eigenvalue weighted by Gasteiger charge is -2.36. The molecule has 0 N–H and O–H groups in total. The molecule has 1 fully saturated rings. The van der Waals surface area contributed by atoms with Gasteiger partial charge in [-0.15, -0.1) is 0 Å². The van der Waals surface area contributed by atoms with Crippen LogP contribution in [0.15, 0.2) is 24.5 Å². The fraction of sp³-hybridized carbons (Fsp3) is 0.500. The summed E-state index contributed by atoms with van der Waals surface area (Å²) in [5.41, 5.74) is 2.81. The number of carbonyl (C=O) groups is 1. The predicted molar refractivity (Wildman–Crippen MR) is 97.5 cm³/mol. The number of aromatic nitrogens is 3. The van der Waals surface area contributed by atoms with Crippen LogP contribution in [0.5, 0.6) is 0 Å². The Labute approximate surface area is 153 Å². The first kappa shape index (κ1) is 17.9. The van der Waals surface area contributed by atoms with Crippen LogP contribution < -0.4 is 0 Å². The Morgan fingerprint density at radius 3 is 2.56 bits per heavy atom. The van der Waals surface area contributed by atoms with E-state index in [2.05, 4.69) is 21.0 Å². The average Bonchev–Trinajstić information content (AvgIpc) is 2.89. The molecule has 0 saturated carbocycles. The molecule has 2 aromatic heterocycles. The molecule has 2 aromatic rings. The third-order valence-electron chi connectivity index (χ3n) is 4.77. The SMILES string of the molecule is Cc1nn(C(C)C(=O)N2CCN(Cc3cccnc3)CC2)c(C)c1Cl. The highest BCUT2D eigenvalue weighted by Crippen LogP contribution is 2.23. The van der Waals surface area contributed by atoms with E-state index in [1.807, 2.05) is 37.9 Å². The molecule has 134 valence electrons. The molecule has 3 heterocycles. The highest BCUT2D eigenvalue weighted by Gasteiger charge is 2.27. The number of hydrogen-bond donors (Lipinski definition) is 0. The van der Waals surface area contributed by atoms with E-state index in [1.54, 1.807) is 10.9 Å². The zero-order chi connectivity index (χ0) is 18.0. The summed E-state index contributed by atoms with van der Waals surface area (Å²) in [6.07, 6.45) is 3.68. The number of amides is 1. The van der Waals surface area contributed by atoms with Crippen molar-refractivity contribution in [3.8, 4) is 0 Å². The number of nitrogens with zero attached hydrogens (tertiary/aromatic N) is 5. The van der Waals surface area contributed by atoms with Crippen LogP contribution in [-0.4, -0.2) is 56.7 Å². The minimum absolute atomic E-state index is 0.100. The highest BCUT2D eigenvalue weighted by molar-refractivity contribution is 6.31. The van der Waals surface area contributed by atoms with Gasteiger partial charge in [-0.1, -0.05) is 17.7 Å². The van der Waals surface area contributed by atoms with Gasteiger partial charge in [0, 0.05) is 45.1 Å². The Kier molecular flexibility index (Phi) is 5.39. The van der Waals surface area contributed by atoms with Crippen molar-refractivity contribution >= 4 is 17.5 Å². The summed E-state index contributed by atoms with van der Waals surface area (Å²) in [6, 6.07) is 3.70. The minimum Gasteiger partial charge on any atom is -0.338 e. The Hall–Kier alpha value is -1.92. The molecule has 25 heavy (non-hydrogen) atoms. The van der Waals surface area contributed by atoms with E-state index in [1.165, 1.54) is 5.56 Å². The van der Waals surface area contributed by atoms with E-state index in [9.17, 15) is 4.79 Å². The van der Waals surface area contributed by atoms with Crippen LogP contribution in [0.25, 0.3) is 0 Å². The molecule has 1 aliphatic rings. The van der Waals surface area contributed by atoms with E-state index in [4.69, 9.17) is 11.6 Å². The fourth-order valence-corrected chi connectivity index (χ4v) is 3.39. The molecular weight excluding hydrogens is 338 g/mol. The summed E-state index contributed by atoms with van der Waals surface area (Å²) < 4.78 is 1.74. The first-order valence-corrected chi connectivity index (χ1v) is 8.96. The van der Waals surface area contributed by atoms with Crippen molar-refractivity contribution in [1.82, 2.24) is 24.6 Å². The first-order chi connectivity index (χ1) is 12.0. The Bertz CT molecular complexity index is 737. The number of piperazine rings is 1. The smallest absolute Gasteiger partial charge is 0.247 e. The second-order valence-electron chi connectivity index (χ2n) is 6.57.